The highest BCUT2D eigenvalue weighted by atomic mass is 35.5. The van der Waals surface area contributed by atoms with Crippen LogP contribution in [0.15, 0.2) is 200 Å². The van der Waals surface area contributed by atoms with Gasteiger partial charge in [0, 0.05) is 116 Å². The molecule has 8 aliphatic carbocycles. The van der Waals surface area contributed by atoms with E-state index in [2.05, 4.69) is 336 Å². The second-order valence-electron chi connectivity index (χ2n) is 34.1. The first-order chi connectivity index (χ1) is 58.8. The molecule has 614 valence electrons. The van der Waals surface area contributed by atoms with Crippen LogP contribution < -0.4 is 0 Å². The quantitative estimate of drug-likeness (QED) is 0.0395. The summed E-state index contributed by atoms with van der Waals surface area (Å²) in [5.74, 6) is 29.6. The van der Waals surface area contributed by atoms with Gasteiger partial charge < -0.3 is 0 Å². The number of hydrogen-bond donors (Lipinski definition) is 0. The maximum absolute atomic E-state index is 10.7. The van der Waals surface area contributed by atoms with Crippen molar-refractivity contribution in [1.82, 2.24) is 0 Å². The van der Waals surface area contributed by atoms with Gasteiger partial charge in [0.15, 0.2) is 5.69 Å². The van der Waals surface area contributed by atoms with Crippen LogP contribution in [-0.2, 0) is 0 Å². The number of fused-ring (bicyclic) bond motifs is 8. The van der Waals surface area contributed by atoms with Crippen molar-refractivity contribution in [2.75, 3.05) is 0 Å². The Morgan fingerprint density at radius 3 is 0.885 bits per heavy atom. The highest BCUT2D eigenvalue weighted by Gasteiger charge is 2.30. The molecule has 122 heavy (non-hydrogen) atoms. The van der Waals surface area contributed by atoms with Gasteiger partial charge in [-0.3, -0.25) is 10.1 Å². The number of rotatable bonds is 17. The third-order valence-electron chi connectivity index (χ3n) is 24.7. The van der Waals surface area contributed by atoms with Gasteiger partial charge in [-0.15, -0.1) is 98.8 Å². The molecule has 0 aliphatic heterocycles. The number of non-ortho nitro benzene ring substituents is 1. The number of hydrogen-bond acceptors (Lipinski definition) is 2. The molecule has 0 bridgehead atoms. The van der Waals surface area contributed by atoms with Gasteiger partial charge in [-0.05, 0) is 182 Å². The first-order valence-electron chi connectivity index (χ1n) is 42.9. The van der Waals surface area contributed by atoms with E-state index < -0.39 is 0 Å². The molecule has 0 saturated carbocycles. The summed E-state index contributed by atoms with van der Waals surface area (Å²) in [5, 5.41) is 11.5. The molecule has 0 saturated heterocycles. The lowest BCUT2D eigenvalue weighted by atomic mass is 9.86. The summed E-state index contributed by atoms with van der Waals surface area (Å²) in [4.78, 5) is 13.7. The maximum atomic E-state index is 10.7. The average molecular weight is 1620 g/mol. The van der Waals surface area contributed by atoms with Crippen molar-refractivity contribution in [3.05, 3.63) is 338 Å². The van der Waals surface area contributed by atoms with Crippen LogP contribution in [0.25, 0.3) is 53.5 Å². The second kappa shape index (κ2) is 45.7. The predicted molar refractivity (Wildman–Crippen MR) is 524 cm³/mol. The average Bonchev–Trinajstić information content (AvgIpc) is 1.68. The van der Waals surface area contributed by atoms with E-state index in [1.807, 2.05) is 36.4 Å². The third kappa shape index (κ3) is 24.3. The van der Waals surface area contributed by atoms with E-state index >= 15 is 0 Å². The first-order valence-corrected chi connectivity index (χ1v) is 43.2. The highest BCUT2D eigenvalue weighted by Crippen LogP contribution is 2.45. The summed E-state index contributed by atoms with van der Waals surface area (Å²) in [5.41, 5.74) is 27.2. The van der Waals surface area contributed by atoms with E-state index in [9.17, 15) is 10.1 Å². The Kier molecular flexibility index (Phi) is 34.9. The van der Waals surface area contributed by atoms with Crippen molar-refractivity contribution in [2.24, 2.45) is 47.3 Å². The molecule has 8 aromatic carbocycles. The Bertz CT molecular complexity index is 5420. The van der Waals surface area contributed by atoms with Crippen molar-refractivity contribution >= 4 is 71.6 Å². The predicted octanol–water partition coefficient (Wildman–Crippen LogP) is 30.0. The third-order valence-corrected chi connectivity index (χ3v) is 24.9. The minimum absolute atomic E-state index is 0.138. The van der Waals surface area contributed by atoms with E-state index in [-0.39, 0.29) is 16.5 Å². The first kappa shape index (κ1) is 93.2. The van der Waals surface area contributed by atoms with Crippen LogP contribution in [0, 0.1) is 190 Å². The standard InChI is InChI=1S/C15H13N.4C15H16.C14H13Cl.C14H13NO2.C14H14/c1-4-5-11(2)14-8-6-12-10-13(16-3)7-9-15(12)14;2*1-4-5-12(3)14-9-7-13-10-11(2)6-8-15(13)14;2*1-4-5-12(3)14-9-8-13-7-6-11(2)10-15(13)14;1-3-4-10(2)13-7-5-11-9-12(15)6-8-14(11)13;1-3-4-10(2)13-7-5-11-9-12(15(16)17)6-8-14(11)13;1-3-6-11(2)13-10-9-12-7-4-5-8-14(12)13/h1,6-11,14H,5H2,2H3;4*1,6-10,12,14H,5H2,2-3H3;1,5-10,13H,4H2,2H3;1,5-10,13H,4H2,2H3;1,4-5,7-11,13H,6H2,2H3. The minimum atomic E-state index is -0.369. The zero-order chi connectivity index (χ0) is 88.1. The highest BCUT2D eigenvalue weighted by molar-refractivity contribution is 6.30. The van der Waals surface area contributed by atoms with Gasteiger partial charge in [0.05, 0.1) is 11.5 Å². The molecular weight excluding hydrogens is 1500 g/mol. The van der Waals surface area contributed by atoms with E-state index in [0.717, 1.165) is 61.1 Å². The number of benzene rings is 8. The lowest BCUT2D eigenvalue weighted by Gasteiger charge is -2.17. The maximum Gasteiger partial charge on any atom is 0.270 e. The molecule has 8 aliphatic rings. The Hall–Kier alpha value is -12.7. The topological polar surface area (TPSA) is 47.5 Å². The summed E-state index contributed by atoms with van der Waals surface area (Å²) in [6.07, 6.45) is 84.6. The largest absolute Gasteiger partial charge is 0.270 e. The van der Waals surface area contributed by atoms with Crippen LogP contribution in [-0.4, -0.2) is 4.92 Å². The molecule has 0 N–H and O–H groups in total. The zero-order valence-electron chi connectivity index (χ0n) is 73.3. The number of aryl methyl sites for hydroxylation is 4. The lowest BCUT2D eigenvalue weighted by molar-refractivity contribution is -0.384. The second-order valence-corrected chi connectivity index (χ2v) is 34.5. The fourth-order valence-electron chi connectivity index (χ4n) is 17.7. The number of nitro benzene ring substituents is 1. The molecule has 0 amide bonds. The summed E-state index contributed by atoms with van der Waals surface area (Å²) in [6.45, 7) is 33.1. The normalized spacial score (nSPS) is 19.4. The van der Waals surface area contributed by atoms with Crippen molar-refractivity contribution in [3.63, 3.8) is 0 Å². The Balaban J connectivity index is 0.000000158. The van der Waals surface area contributed by atoms with E-state index in [0.29, 0.717) is 101 Å². The summed E-state index contributed by atoms with van der Waals surface area (Å²) in [6, 6.07) is 52.1. The van der Waals surface area contributed by atoms with Crippen LogP contribution in [0.3, 0.4) is 0 Å². The van der Waals surface area contributed by atoms with E-state index in [1.165, 1.54) is 100 Å². The molecule has 16 rings (SSSR count). The smallest absolute Gasteiger partial charge is 0.258 e. The van der Waals surface area contributed by atoms with Crippen LogP contribution in [0.1, 0.15) is 265 Å². The van der Waals surface area contributed by atoms with Gasteiger partial charge in [-0.2, -0.15) is 0 Å². The molecule has 0 heterocycles. The Morgan fingerprint density at radius 1 is 0.311 bits per heavy atom. The van der Waals surface area contributed by atoms with E-state index in [1.54, 1.807) is 12.1 Å². The monoisotopic (exact) mass is 1620 g/mol. The number of nitro groups is 1. The SMILES string of the molecule is C#CCC(C)C1C=Cc2cc(C)ccc21.C#CCC(C)C1C=Cc2cc(C)ccc21.C#CCC(C)C1C=Cc2cc(Cl)ccc21.C#CCC(C)C1C=Cc2cc([N+](=O)[O-])ccc21.C#CCC(C)C1C=Cc2ccc(C)cc21.C#CCC(C)C1C=Cc2ccc(C)cc21.C#CCC(C)C1C=Cc2ccccc21.[C-]#[N+]c1ccc2c(c1)C=CC2C(C)CC#C. The molecular formula is C117H117ClN2O2. The lowest BCUT2D eigenvalue weighted by Crippen LogP contribution is -2.05. The molecule has 16 atom stereocenters. The summed E-state index contributed by atoms with van der Waals surface area (Å²) < 4.78 is 0. The van der Waals surface area contributed by atoms with E-state index in [4.69, 9.17) is 69.6 Å². The molecule has 0 fully saturated rings. The van der Waals surface area contributed by atoms with Gasteiger partial charge in [0.25, 0.3) is 5.69 Å². The van der Waals surface area contributed by atoms with Gasteiger partial charge in [-0.1, -0.05) is 308 Å². The molecule has 8 aromatic rings. The minimum Gasteiger partial charge on any atom is -0.258 e. The van der Waals surface area contributed by atoms with Crippen molar-refractivity contribution < 1.29 is 4.92 Å². The van der Waals surface area contributed by atoms with Gasteiger partial charge in [0.2, 0.25) is 0 Å². The van der Waals surface area contributed by atoms with Crippen molar-refractivity contribution in [3.8, 4) is 98.8 Å². The van der Waals surface area contributed by atoms with Crippen LogP contribution in [0.4, 0.5) is 11.4 Å². The fraction of sp³-hybridized carbons (Fsp3) is 0.308. The van der Waals surface area contributed by atoms with Gasteiger partial charge in [0.1, 0.15) is 0 Å². The molecule has 4 nitrogen and oxygen atoms in total. The van der Waals surface area contributed by atoms with Gasteiger partial charge in [-0.25, -0.2) is 4.85 Å². The number of terminal acetylenes is 8. The van der Waals surface area contributed by atoms with Crippen molar-refractivity contribution in [2.45, 2.75) is 182 Å². The number of allylic oxidation sites excluding steroid dienone is 8. The Labute approximate surface area is 737 Å². The summed E-state index contributed by atoms with van der Waals surface area (Å²) >= 11 is 5.95. The number of halogens is 1. The summed E-state index contributed by atoms with van der Waals surface area (Å²) in [7, 11) is 0. The molecule has 0 aromatic heterocycles. The fourth-order valence-corrected chi connectivity index (χ4v) is 17.9. The Morgan fingerprint density at radius 2 is 0.557 bits per heavy atom. The number of nitrogens with zero attached hydrogens (tertiary/aromatic N) is 2. The van der Waals surface area contributed by atoms with Crippen LogP contribution in [0.2, 0.25) is 5.02 Å². The molecule has 16 unspecified atom stereocenters. The van der Waals surface area contributed by atoms with Crippen molar-refractivity contribution in [1.29, 1.82) is 0 Å². The molecule has 0 spiro atoms. The molecule has 0 radical (unpaired) electrons. The van der Waals surface area contributed by atoms with Gasteiger partial charge >= 0.3 is 0 Å². The zero-order valence-corrected chi connectivity index (χ0v) is 74.0. The van der Waals surface area contributed by atoms with Crippen LogP contribution >= 0.6 is 11.6 Å². The molecule has 5 heteroatoms. The van der Waals surface area contributed by atoms with Crippen LogP contribution in [0.5, 0.6) is 0 Å².